The zero-order chi connectivity index (χ0) is 15.4. The fraction of sp³-hybridized carbons (Fsp3) is 0.462. The van der Waals surface area contributed by atoms with Gasteiger partial charge in [0.15, 0.2) is 0 Å². The Morgan fingerprint density at radius 3 is 2.57 bits per heavy atom. The van der Waals surface area contributed by atoms with Crippen LogP contribution in [-0.4, -0.2) is 52.7 Å². The van der Waals surface area contributed by atoms with Gasteiger partial charge in [0, 0.05) is 13.1 Å². The number of carboxylic acid groups (broad SMARTS) is 1. The minimum absolute atomic E-state index is 0.0803. The van der Waals surface area contributed by atoms with Gasteiger partial charge < -0.3 is 14.7 Å². The fourth-order valence-corrected chi connectivity index (χ4v) is 2.58. The van der Waals surface area contributed by atoms with Gasteiger partial charge in [-0.25, -0.2) is 9.78 Å². The molecule has 21 heavy (non-hydrogen) atoms. The number of hydrogen-bond donors (Lipinski definition) is 1. The van der Waals surface area contributed by atoms with E-state index in [2.05, 4.69) is 4.98 Å². The van der Waals surface area contributed by atoms with Crippen LogP contribution >= 0.6 is 23.2 Å². The lowest BCUT2D eigenvalue weighted by Crippen LogP contribution is -2.41. The van der Waals surface area contributed by atoms with Crippen LogP contribution in [0.2, 0.25) is 10.3 Å². The summed E-state index contributed by atoms with van der Waals surface area (Å²) in [5.74, 6) is -1.20. The van der Waals surface area contributed by atoms with Gasteiger partial charge in [-0.3, -0.25) is 4.79 Å². The van der Waals surface area contributed by atoms with Crippen molar-refractivity contribution in [1.29, 1.82) is 0 Å². The minimum Gasteiger partial charge on any atom is -0.480 e. The number of nitrogens with zero attached hydrogens (tertiary/aromatic N) is 2. The second-order valence-corrected chi connectivity index (χ2v) is 5.41. The number of pyridine rings is 1. The van der Waals surface area contributed by atoms with E-state index in [0.717, 1.165) is 0 Å². The third-order valence-corrected chi connectivity index (χ3v) is 3.72. The second kappa shape index (κ2) is 7.06. The Labute approximate surface area is 131 Å². The van der Waals surface area contributed by atoms with E-state index in [9.17, 15) is 9.59 Å². The highest BCUT2D eigenvalue weighted by Gasteiger charge is 2.26. The molecular formula is C13H14Cl2N2O4. The summed E-state index contributed by atoms with van der Waals surface area (Å²) in [5, 5.41) is 8.88. The van der Waals surface area contributed by atoms with E-state index in [0.29, 0.717) is 31.5 Å². The quantitative estimate of drug-likeness (QED) is 0.854. The van der Waals surface area contributed by atoms with Crippen LogP contribution in [0.5, 0.6) is 0 Å². The van der Waals surface area contributed by atoms with Crippen LogP contribution in [0.4, 0.5) is 0 Å². The smallest absolute Gasteiger partial charge is 0.329 e. The van der Waals surface area contributed by atoms with Gasteiger partial charge in [0.25, 0.3) is 5.91 Å². The number of carbonyl (C=O) groups excluding carboxylic acids is 1. The first-order valence-electron chi connectivity index (χ1n) is 6.42. The highest BCUT2D eigenvalue weighted by atomic mass is 35.5. The van der Waals surface area contributed by atoms with Crippen LogP contribution in [0.15, 0.2) is 12.1 Å². The number of halogens is 2. The first-order chi connectivity index (χ1) is 9.97. The molecule has 1 fully saturated rings. The van der Waals surface area contributed by atoms with Gasteiger partial charge in [-0.15, -0.1) is 0 Å². The molecule has 1 N–H and O–H groups in total. The van der Waals surface area contributed by atoms with Crippen LogP contribution in [-0.2, 0) is 9.53 Å². The highest BCUT2D eigenvalue weighted by Crippen LogP contribution is 2.21. The van der Waals surface area contributed by atoms with Crippen molar-refractivity contribution in [2.75, 3.05) is 19.7 Å². The van der Waals surface area contributed by atoms with Gasteiger partial charge in [-0.05, 0) is 25.0 Å². The van der Waals surface area contributed by atoms with Crippen molar-refractivity contribution in [2.45, 2.75) is 18.9 Å². The standard InChI is InChI=1S/C13H14Cl2N2O4/c14-10-2-1-9(12(15)16-10)13(20)17-5-3-8(4-6-17)21-7-11(18)19/h1-2,8H,3-7H2,(H,18,19). The van der Waals surface area contributed by atoms with Gasteiger partial charge in [0.05, 0.1) is 11.7 Å². The molecule has 1 aromatic heterocycles. The van der Waals surface area contributed by atoms with E-state index < -0.39 is 5.97 Å². The first-order valence-corrected chi connectivity index (χ1v) is 7.17. The predicted molar refractivity (Wildman–Crippen MR) is 76.8 cm³/mol. The number of carboxylic acids is 1. The fourth-order valence-electron chi connectivity index (χ4n) is 2.16. The van der Waals surface area contributed by atoms with E-state index in [1.54, 1.807) is 11.0 Å². The van der Waals surface area contributed by atoms with E-state index in [4.69, 9.17) is 33.0 Å². The number of amides is 1. The number of aromatic nitrogens is 1. The summed E-state index contributed by atoms with van der Waals surface area (Å²) >= 11 is 11.6. The number of hydrogen-bond acceptors (Lipinski definition) is 4. The molecule has 2 heterocycles. The number of carbonyl (C=O) groups is 2. The van der Waals surface area contributed by atoms with Crippen LogP contribution < -0.4 is 0 Å². The molecule has 1 aliphatic heterocycles. The normalized spacial score (nSPS) is 16.0. The van der Waals surface area contributed by atoms with Crippen LogP contribution in [0, 0.1) is 0 Å². The Morgan fingerprint density at radius 1 is 1.33 bits per heavy atom. The third-order valence-electron chi connectivity index (χ3n) is 3.22. The van der Waals surface area contributed by atoms with Crippen molar-refractivity contribution in [1.82, 2.24) is 9.88 Å². The lowest BCUT2D eigenvalue weighted by molar-refractivity contribution is -0.145. The highest BCUT2D eigenvalue weighted by molar-refractivity contribution is 6.34. The maximum absolute atomic E-state index is 12.3. The van der Waals surface area contributed by atoms with E-state index >= 15 is 0 Å². The first kappa shape index (κ1) is 16.0. The molecule has 0 atom stereocenters. The summed E-state index contributed by atoms with van der Waals surface area (Å²) in [6.07, 6.45) is 1.05. The minimum atomic E-state index is -0.993. The molecular weight excluding hydrogens is 319 g/mol. The molecule has 0 aromatic carbocycles. The van der Waals surface area contributed by atoms with Gasteiger partial charge in [-0.2, -0.15) is 0 Å². The van der Waals surface area contributed by atoms with E-state index in [1.807, 2.05) is 0 Å². The number of rotatable bonds is 4. The number of likely N-dealkylation sites (tertiary alicyclic amines) is 1. The molecule has 1 aromatic rings. The van der Waals surface area contributed by atoms with E-state index in [-0.39, 0.29) is 28.9 Å². The maximum Gasteiger partial charge on any atom is 0.329 e. The van der Waals surface area contributed by atoms with Gasteiger partial charge in [0.2, 0.25) is 0 Å². The van der Waals surface area contributed by atoms with E-state index in [1.165, 1.54) is 6.07 Å². The van der Waals surface area contributed by atoms with Gasteiger partial charge >= 0.3 is 5.97 Å². The lowest BCUT2D eigenvalue weighted by Gasteiger charge is -2.31. The van der Waals surface area contributed by atoms with Crippen molar-refractivity contribution in [2.24, 2.45) is 0 Å². The average molecular weight is 333 g/mol. The van der Waals surface area contributed by atoms with Crippen molar-refractivity contribution < 1.29 is 19.4 Å². The predicted octanol–water partition coefficient (Wildman–Crippen LogP) is 2.09. The summed E-state index contributed by atoms with van der Waals surface area (Å²) in [6, 6.07) is 3.07. The Kier molecular flexibility index (Phi) is 5.39. The summed E-state index contributed by atoms with van der Waals surface area (Å²) in [7, 11) is 0. The summed E-state index contributed by atoms with van der Waals surface area (Å²) in [4.78, 5) is 28.3. The maximum atomic E-state index is 12.3. The molecule has 0 unspecified atom stereocenters. The number of aliphatic carboxylic acids is 1. The molecule has 1 aliphatic rings. The topological polar surface area (TPSA) is 79.7 Å². The summed E-state index contributed by atoms with van der Waals surface area (Å²) in [6.45, 7) is 0.662. The number of ether oxygens (including phenoxy) is 1. The zero-order valence-corrected chi connectivity index (χ0v) is 12.6. The zero-order valence-electron chi connectivity index (χ0n) is 11.1. The van der Waals surface area contributed by atoms with Crippen LogP contribution in [0.25, 0.3) is 0 Å². The Balaban J connectivity index is 1.92. The lowest BCUT2D eigenvalue weighted by atomic mass is 10.1. The summed E-state index contributed by atoms with van der Waals surface area (Å²) < 4.78 is 5.22. The molecule has 1 amide bonds. The van der Waals surface area contributed by atoms with Gasteiger partial charge in [-0.1, -0.05) is 23.2 Å². The molecule has 0 radical (unpaired) electrons. The number of piperidine rings is 1. The van der Waals surface area contributed by atoms with Crippen molar-refractivity contribution >= 4 is 35.1 Å². The van der Waals surface area contributed by atoms with Crippen LogP contribution in [0.1, 0.15) is 23.2 Å². The van der Waals surface area contributed by atoms with Crippen molar-refractivity contribution in [3.05, 3.63) is 28.0 Å². The third kappa shape index (κ3) is 4.30. The SMILES string of the molecule is O=C(O)COC1CCN(C(=O)c2ccc(Cl)nc2Cl)CC1. The molecule has 8 heteroatoms. The Morgan fingerprint density at radius 2 is 2.00 bits per heavy atom. The largest absolute Gasteiger partial charge is 0.480 e. The van der Waals surface area contributed by atoms with Crippen molar-refractivity contribution in [3.63, 3.8) is 0 Å². The molecule has 6 nitrogen and oxygen atoms in total. The van der Waals surface area contributed by atoms with Gasteiger partial charge in [0.1, 0.15) is 16.9 Å². The monoisotopic (exact) mass is 332 g/mol. The molecule has 0 aliphatic carbocycles. The molecule has 2 rings (SSSR count). The molecule has 0 saturated carbocycles. The molecule has 0 bridgehead atoms. The summed E-state index contributed by atoms with van der Waals surface area (Å²) in [5.41, 5.74) is 0.311. The van der Waals surface area contributed by atoms with Crippen LogP contribution in [0.3, 0.4) is 0 Å². The Bertz CT molecular complexity index is 545. The second-order valence-electron chi connectivity index (χ2n) is 4.67. The average Bonchev–Trinajstić information content (AvgIpc) is 2.45. The molecule has 0 spiro atoms. The molecule has 1 saturated heterocycles. The Hall–Kier alpha value is -1.37. The molecule has 114 valence electrons. The van der Waals surface area contributed by atoms with Crippen molar-refractivity contribution in [3.8, 4) is 0 Å².